The van der Waals surface area contributed by atoms with E-state index in [0.717, 1.165) is 42.9 Å². The van der Waals surface area contributed by atoms with Gasteiger partial charge in [-0.05, 0) is 80.3 Å². The van der Waals surface area contributed by atoms with E-state index in [1.807, 2.05) is 29.7 Å². The molecule has 0 aliphatic carbocycles. The summed E-state index contributed by atoms with van der Waals surface area (Å²) in [5.74, 6) is 2.14. The lowest BCUT2D eigenvalue weighted by Gasteiger charge is -2.31. The summed E-state index contributed by atoms with van der Waals surface area (Å²) in [6.07, 6.45) is 3.09. The number of thioether (sulfide) groups is 1. The second-order valence-corrected chi connectivity index (χ2v) is 11.1. The predicted octanol–water partition coefficient (Wildman–Crippen LogP) is 4.20. The van der Waals surface area contributed by atoms with Crippen molar-refractivity contribution in [1.29, 1.82) is 0 Å². The molecule has 0 bridgehead atoms. The van der Waals surface area contributed by atoms with Crippen molar-refractivity contribution in [3.63, 3.8) is 0 Å². The van der Waals surface area contributed by atoms with Gasteiger partial charge in [0.05, 0.1) is 6.10 Å². The number of benzene rings is 2. The number of hydrogen-bond donors (Lipinski definition) is 0. The zero-order chi connectivity index (χ0) is 22.7. The maximum Gasteiger partial charge on any atom is 0.339 e. The fourth-order valence-corrected chi connectivity index (χ4v) is 6.61. The average Bonchev–Trinajstić information content (AvgIpc) is 3.48. The molecule has 2 aliphatic heterocycles. The molecule has 8 heteroatoms. The summed E-state index contributed by atoms with van der Waals surface area (Å²) in [6, 6.07) is 11.8. The summed E-state index contributed by atoms with van der Waals surface area (Å²) in [7, 11) is -3.96. The molecular formula is C24H29NO5S2. The van der Waals surface area contributed by atoms with Crippen LogP contribution in [0.5, 0.6) is 5.75 Å². The van der Waals surface area contributed by atoms with Crippen molar-refractivity contribution in [3.8, 4) is 5.75 Å². The second-order valence-electron chi connectivity index (χ2n) is 8.44. The number of carbonyl (C=O) groups excluding carboxylic acids is 1. The maximum atomic E-state index is 13.3. The second kappa shape index (κ2) is 9.85. The van der Waals surface area contributed by atoms with Crippen LogP contribution in [-0.4, -0.2) is 56.0 Å². The molecule has 2 aliphatic rings. The SMILES string of the molecule is Cc1ccc(C)c(S(=O)(=O)Oc2ccc(C(=O)N(CC3CCCO3)C3CCSC3)cc2)c1. The molecular weight excluding hydrogens is 446 g/mol. The minimum atomic E-state index is -3.96. The molecule has 0 N–H and O–H groups in total. The van der Waals surface area contributed by atoms with Crippen LogP contribution in [0, 0.1) is 13.8 Å². The highest BCUT2D eigenvalue weighted by atomic mass is 32.2. The molecule has 0 radical (unpaired) electrons. The Morgan fingerprint density at radius 1 is 1.16 bits per heavy atom. The fraction of sp³-hybridized carbons (Fsp3) is 0.458. The van der Waals surface area contributed by atoms with Crippen LogP contribution in [0.15, 0.2) is 47.4 Å². The molecule has 1 amide bonds. The summed E-state index contributed by atoms with van der Waals surface area (Å²) in [5.41, 5.74) is 1.99. The molecule has 2 aromatic carbocycles. The lowest BCUT2D eigenvalue weighted by atomic mass is 10.1. The molecule has 0 spiro atoms. The molecule has 0 saturated carbocycles. The van der Waals surface area contributed by atoms with Gasteiger partial charge in [0.2, 0.25) is 0 Å². The molecule has 0 aromatic heterocycles. The van der Waals surface area contributed by atoms with Crippen LogP contribution in [0.1, 0.15) is 40.7 Å². The van der Waals surface area contributed by atoms with Gasteiger partial charge in [-0.2, -0.15) is 20.2 Å². The van der Waals surface area contributed by atoms with Crippen molar-refractivity contribution in [2.45, 2.75) is 50.2 Å². The zero-order valence-corrected chi connectivity index (χ0v) is 20.1. The van der Waals surface area contributed by atoms with E-state index in [1.165, 1.54) is 0 Å². The highest BCUT2D eigenvalue weighted by molar-refractivity contribution is 7.99. The molecule has 172 valence electrons. The van der Waals surface area contributed by atoms with Gasteiger partial charge in [0.25, 0.3) is 5.91 Å². The third kappa shape index (κ3) is 5.30. The lowest BCUT2D eigenvalue weighted by Crippen LogP contribution is -2.44. The number of aryl methyl sites for hydroxylation is 2. The van der Waals surface area contributed by atoms with Crippen LogP contribution in [0.25, 0.3) is 0 Å². The number of ether oxygens (including phenoxy) is 1. The molecule has 32 heavy (non-hydrogen) atoms. The van der Waals surface area contributed by atoms with Gasteiger partial charge in [-0.3, -0.25) is 4.79 Å². The molecule has 2 saturated heterocycles. The maximum absolute atomic E-state index is 13.3. The lowest BCUT2D eigenvalue weighted by molar-refractivity contribution is 0.0442. The minimum Gasteiger partial charge on any atom is -0.379 e. The largest absolute Gasteiger partial charge is 0.379 e. The Labute approximate surface area is 194 Å². The predicted molar refractivity (Wildman–Crippen MR) is 126 cm³/mol. The molecule has 2 heterocycles. The molecule has 6 nitrogen and oxygen atoms in total. The average molecular weight is 476 g/mol. The Hall–Kier alpha value is -2.03. The van der Waals surface area contributed by atoms with E-state index in [0.29, 0.717) is 17.7 Å². The Kier molecular flexibility index (Phi) is 7.12. The van der Waals surface area contributed by atoms with Crippen molar-refractivity contribution in [2.75, 3.05) is 24.7 Å². The molecule has 2 unspecified atom stereocenters. The molecule has 2 aromatic rings. The van der Waals surface area contributed by atoms with E-state index in [-0.39, 0.29) is 28.7 Å². The number of hydrogen-bond acceptors (Lipinski definition) is 6. The number of amides is 1. The van der Waals surface area contributed by atoms with Crippen molar-refractivity contribution in [1.82, 2.24) is 4.90 Å². The number of carbonyl (C=O) groups is 1. The first-order valence-corrected chi connectivity index (χ1v) is 13.5. The smallest absolute Gasteiger partial charge is 0.339 e. The molecule has 4 rings (SSSR count). The Bertz CT molecular complexity index is 1060. The van der Waals surface area contributed by atoms with Crippen LogP contribution >= 0.6 is 11.8 Å². The summed E-state index contributed by atoms with van der Waals surface area (Å²) in [6.45, 7) is 4.93. The van der Waals surface area contributed by atoms with Crippen LogP contribution < -0.4 is 4.18 Å². The fourth-order valence-electron chi connectivity index (χ4n) is 4.14. The Morgan fingerprint density at radius 2 is 1.94 bits per heavy atom. The van der Waals surface area contributed by atoms with Gasteiger partial charge < -0.3 is 13.8 Å². The van der Waals surface area contributed by atoms with Crippen molar-refractivity contribution in [3.05, 3.63) is 59.2 Å². The first kappa shape index (κ1) is 23.1. The summed E-state index contributed by atoms with van der Waals surface area (Å²) < 4.78 is 36.6. The van der Waals surface area contributed by atoms with Gasteiger partial charge >= 0.3 is 10.1 Å². The monoisotopic (exact) mass is 475 g/mol. The Balaban J connectivity index is 1.50. The minimum absolute atomic E-state index is 0.0445. The van der Waals surface area contributed by atoms with Gasteiger partial charge in [-0.25, -0.2) is 0 Å². The number of rotatable bonds is 7. The highest BCUT2D eigenvalue weighted by Crippen LogP contribution is 2.27. The quantitative estimate of drug-likeness (QED) is 0.559. The van der Waals surface area contributed by atoms with Gasteiger partial charge in [-0.15, -0.1) is 0 Å². The van der Waals surface area contributed by atoms with E-state index in [4.69, 9.17) is 8.92 Å². The summed E-state index contributed by atoms with van der Waals surface area (Å²) in [5, 5.41) is 0. The van der Waals surface area contributed by atoms with E-state index in [1.54, 1.807) is 43.3 Å². The van der Waals surface area contributed by atoms with Crippen molar-refractivity contribution >= 4 is 27.8 Å². The Morgan fingerprint density at radius 3 is 2.59 bits per heavy atom. The van der Waals surface area contributed by atoms with Crippen molar-refractivity contribution in [2.24, 2.45) is 0 Å². The van der Waals surface area contributed by atoms with Gasteiger partial charge in [0.1, 0.15) is 10.6 Å². The van der Waals surface area contributed by atoms with Gasteiger partial charge in [0.15, 0.2) is 0 Å². The van der Waals surface area contributed by atoms with Gasteiger partial charge in [0, 0.05) is 30.5 Å². The van der Waals surface area contributed by atoms with Crippen LogP contribution in [-0.2, 0) is 14.9 Å². The highest BCUT2D eigenvalue weighted by Gasteiger charge is 2.31. The van der Waals surface area contributed by atoms with E-state index >= 15 is 0 Å². The van der Waals surface area contributed by atoms with E-state index < -0.39 is 10.1 Å². The van der Waals surface area contributed by atoms with Crippen LogP contribution in [0.4, 0.5) is 0 Å². The van der Waals surface area contributed by atoms with Crippen LogP contribution in [0.2, 0.25) is 0 Å². The first-order chi connectivity index (χ1) is 15.3. The summed E-state index contributed by atoms with van der Waals surface area (Å²) in [4.78, 5) is 15.4. The van der Waals surface area contributed by atoms with E-state index in [2.05, 4.69) is 0 Å². The van der Waals surface area contributed by atoms with Gasteiger partial charge in [-0.1, -0.05) is 12.1 Å². The standard InChI is InChI=1S/C24H29NO5S2/c1-17-5-6-18(2)23(14-17)32(27,28)30-21-9-7-19(8-10-21)24(26)25(20-11-13-31-16-20)15-22-4-3-12-29-22/h5-10,14,20,22H,3-4,11-13,15-16H2,1-2H3. The normalized spacial score (nSPS) is 20.9. The molecule has 2 atom stereocenters. The van der Waals surface area contributed by atoms with Crippen LogP contribution in [0.3, 0.4) is 0 Å². The number of nitrogens with zero attached hydrogens (tertiary/aromatic N) is 1. The first-order valence-electron chi connectivity index (χ1n) is 11.0. The van der Waals surface area contributed by atoms with E-state index in [9.17, 15) is 13.2 Å². The molecule has 2 fully saturated rings. The zero-order valence-electron chi connectivity index (χ0n) is 18.5. The summed E-state index contributed by atoms with van der Waals surface area (Å²) >= 11 is 1.87. The third-order valence-corrected chi connectivity index (χ3v) is 8.49. The van der Waals surface area contributed by atoms with Crippen molar-refractivity contribution < 1.29 is 22.1 Å². The third-order valence-electron chi connectivity index (χ3n) is 5.95. The topological polar surface area (TPSA) is 72.9 Å².